The molecule has 0 aliphatic rings. The average Bonchev–Trinajstić information content (AvgIpc) is 3.16. The van der Waals surface area contributed by atoms with Crippen LogP contribution in [-0.4, -0.2) is 28.1 Å². The van der Waals surface area contributed by atoms with Gasteiger partial charge in [-0.15, -0.1) is 0 Å². The average molecular weight is 338 g/mol. The zero-order chi connectivity index (χ0) is 17.8. The Morgan fingerprint density at radius 3 is 2.76 bits per heavy atom. The molecule has 0 aliphatic carbocycles. The molecule has 0 bridgehead atoms. The smallest absolute Gasteiger partial charge is 0.270 e. The highest BCUT2D eigenvalue weighted by Crippen LogP contribution is 2.26. The first kappa shape index (κ1) is 16.2. The number of methoxy groups -OCH3 is 1. The molecule has 25 heavy (non-hydrogen) atoms. The summed E-state index contributed by atoms with van der Waals surface area (Å²) in [5.41, 5.74) is 2.11. The van der Waals surface area contributed by atoms with Gasteiger partial charge in [0.2, 0.25) is 0 Å². The number of carbonyl (C=O) groups excluding carboxylic acids is 1. The number of hydrogen-bond acceptors (Lipinski definition) is 5. The van der Waals surface area contributed by atoms with Crippen LogP contribution in [0.25, 0.3) is 11.3 Å². The number of nitrogens with one attached hydrogen (secondary N) is 2. The third-order valence-electron chi connectivity index (χ3n) is 3.57. The molecule has 1 aromatic heterocycles. The Balaban J connectivity index is 1.89. The number of hydrogen-bond donors (Lipinski definition) is 2. The topological polar surface area (TPSA) is 110 Å². The summed E-state index contributed by atoms with van der Waals surface area (Å²) in [4.78, 5) is 22.9. The number of benzene rings is 2. The molecule has 126 valence electrons. The minimum atomic E-state index is -0.560. The third-order valence-corrected chi connectivity index (χ3v) is 3.57. The van der Waals surface area contributed by atoms with E-state index in [1.54, 1.807) is 24.4 Å². The Hall–Kier alpha value is -3.68. The molecule has 0 spiro atoms. The molecule has 0 atom stereocenters. The van der Waals surface area contributed by atoms with E-state index in [0.717, 1.165) is 11.3 Å². The first-order valence-electron chi connectivity index (χ1n) is 7.32. The molecule has 0 saturated heterocycles. The highest BCUT2D eigenvalue weighted by Gasteiger charge is 2.17. The normalized spacial score (nSPS) is 10.3. The second-order valence-corrected chi connectivity index (χ2v) is 5.15. The Kier molecular flexibility index (Phi) is 4.42. The van der Waals surface area contributed by atoms with Crippen molar-refractivity contribution in [3.05, 3.63) is 70.4 Å². The van der Waals surface area contributed by atoms with Gasteiger partial charge in [0.25, 0.3) is 11.6 Å². The second kappa shape index (κ2) is 6.83. The number of ether oxygens (including phenoxy) is 1. The van der Waals surface area contributed by atoms with E-state index in [0.29, 0.717) is 5.69 Å². The summed E-state index contributed by atoms with van der Waals surface area (Å²) in [6, 6.07) is 12.8. The van der Waals surface area contributed by atoms with Crippen molar-refractivity contribution < 1.29 is 14.5 Å². The van der Waals surface area contributed by atoms with Crippen molar-refractivity contribution in [1.82, 2.24) is 10.2 Å². The van der Waals surface area contributed by atoms with Crippen molar-refractivity contribution in [1.29, 1.82) is 0 Å². The minimum absolute atomic E-state index is 0.0867. The number of aromatic amines is 1. The lowest BCUT2D eigenvalue weighted by atomic mass is 10.1. The number of anilines is 1. The fourth-order valence-electron chi connectivity index (χ4n) is 2.37. The fraction of sp³-hybridized carbons (Fsp3) is 0.0588. The van der Waals surface area contributed by atoms with Crippen LogP contribution in [0.5, 0.6) is 5.75 Å². The first-order valence-corrected chi connectivity index (χ1v) is 7.32. The molecular formula is C17H14N4O4. The van der Waals surface area contributed by atoms with Crippen LogP contribution in [0.1, 0.15) is 10.4 Å². The van der Waals surface area contributed by atoms with E-state index >= 15 is 0 Å². The Morgan fingerprint density at radius 1 is 1.24 bits per heavy atom. The number of aromatic nitrogens is 2. The van der Waals surface area contributed by atoms with Gasteiger partial charge in [0.15, 0.2) is 0 Å². The van der Waals surface area contributed by atoms with Crippen molar-refractivity contribution in [2.24, 2.45) is 0 Å². The van der Waals surface area contributed by atoms with Crippen molar-refractivity contribution in [2.45, 2.75) is 0 Å². The maximum atomic E-state index is 12.5. The number of non-ortho nitro benzene ring substituents is 1. The van der Waals surface area contributed by atoms with Crippen molar-refractivity contribution in [3.8, 4) is 17.0 Å². The number of nitro groups is 1. The molecule has 2 N–H and O–H groups in total. The molecular weight excluding hydrogens is 324 g/mol. The standard InChI is InChI=1S/C17H14N4O4/c1-25-16-6-5-13(21(23)24)10-14(16)17(22)19-12-4-2-3-11(9-12)15-7-8-18-20-15/h2-10H,1H3,(H,18,20)(H,19,22). The number of nitro benzene ring substituents is 1. The summed E-state index contributed by atoms with van der Waals surface area (Å²) in [5, 5.41) is 20.4. The molecule has 0 aliphatic heterocycles. The number of H-pyrrole nitrogens is 1. The van der Waals surface area contributed by atoms with Gasteiger partial charge in [0.05, 0.1) is 23.3 Å². The Morgan fingerprint density at radius 2 is 2.08 bits per heavy atom. The van der Waals surface area contributed by atoms with Gasteiger partial charge in [-0.25, -0.2) is 0 Å². The van der Waals surface area contributed by atoms with Crippen LogP contribution in [0.3, 0.4) is 0 Å². The van der Waals surface area contributed by atoms with E-state index in [-0.39, 0.29) is 17.0 Å². The predicted octanol–water partition coefficient (Wildman–Crippen LogP) is 3.25. The Bertz CT molecular complexity index is 922. The van der Waals surface area contributed by atoms with E-state index in [2.05, 4.69) is 15.5 Å². The SMILES string of the molecule is COc1ccc([N+](=O)[O-])cc1C(=O)Nc1cccc(-c2ccn[nH]2)c1. The van der Waals surface area contributed by atoms with E-state index in [9.17, 15) is 14.9 Å². The van der Waals surface area contributed by atoms with Crippen molar-refractivity contribution in [2.75, 3.05) is 12.4 Å². The van der Waals surface area contributed by atoms with Crippen LogP contribution >= 0.6 is 0 Å². The molecule has 0 saturated carbocycles. The largest absolute Gasteiger partial charge is 0.496 e. The minimum Gasteiger partial charge on any atom is -0.496 e. The zero-order valence-electron chi connectivity index (χ0n) is 13.2. The summed E-state index contributed by atoms with van der Waals surface area (Å²) in [6.07, 6.45) is 1.63. The Labute approximate surface area is 142 Å². The second-order valence-electron chi connectivity index (χ2n) is 5.15. The van der Waals surface area contributed by atoms with Crippen LogP contribution < -0.4 is 10.1 Å². The third kappa shape index (κ3) is 3.47. The zero-order valence-corrected chi connectivity index (χ0v) is 13.2. The van der Waals surface area contributed by atoms with E-state index in [1.165, 1.54) is 25.3 Å². The maximum absolute atomic E-state index is 12.5. The van der Waals surface area contributed by atoms with E-state index < -0.39 is 10.8 Å². The maximum Gasteiger partial charge on any atom is 0.270 e. The summed E-state index contributed by atoms with van der Waals surface area (Å²) in [7, 11) is 1.40. The lowest BCUT2D eigenvalue weighted by molar-refractivity contribution is -0.384. The fourth-order valence-corrected chi connectivity index (χ4v) is 2.37. The van der Waals surface area contributed by atoms with Gasteiger partial charge >= 0.3 is 0 Å². The summed E-state index contributed by atoms with van der Waals surface area (Å²) in [5.74, 6) is -0.241. The van der Waals surface area contributed by atoms with Crippen LogP contribution in [0.15, 0.2) is 54.7 Å². The lowest BCUT2D eigenvalue weighted by Gasteiger charge is -2.10. The highest BCUT2D eigenvalue weighted by atomic mass is 16.6. The summed E-state index contributed by atoms with van der Waals surface area (Å²) in [6.45, 7) is 0. The quantitative estimate of drug-likeness (QED) is 0.548. The van der Waals surface area contributed by atoms with Gasteiger partial charge in [-0.05, 0) is 24.3 Å². The molecule has 8 nitrogen and oxygen atoms in total. The molecule has 8 heteroatoms. The summed E-state index contributed by atoms with van der Waals surface area (Å²) >= 11 is 0. The number of nitrogens with zero attached hydrogens (tertiary/aromatic N) is 2. The summed E-state index contributed by atoms with van der Waals surface area (Å²) < 4.78 is 5.12. The van der Waals surface area contributed by atoms with Crippen LogP contribution in [-0.2, 0) is 0 Å². The molecule has 3 rings (SSSR count). The molecule has 1 heterocycles. The number of amides is 1. The molecule has 0 fully saturated rings. The van der Waals surface area contributed by atoms with E-state index in [4.69, 9.17) is 4.74 Å². The number of rotatable bonds is 5. The van der Waals surface area contributed by atoms with Crippen LogP contribution in [0.4, 0.5) is 11.4 Å². The number of carbonyl (C=O) groups is 1. The highest BCUT2D eigenvalue weighted by molar-refractivity contribution is 6.06. The molecule has 1 amide bonds. The van der Waals surface area contributed by atoms with Gasteiger partial charge in [-0.1, -0.05) is 12.1 Å². The van der Waals surface area contributed by atoms with Crippen LogP contribution in [0.2, 0.25) is 0 Å². The lowest BCUT2D eigenvalue weighted by Crippen LogP contribution is -2.13. The molecule has 0 unspecified atom stereocenters. The van der Waals surface area contributed by atoms with Gasteiger partial charge in [-0.2, -0.15) is 5.10 Å². The predicted molar refractivity (Wildman–Crippen MR) is 91.6 cm³/mol. The van der Waals surface area contributed by atoms with Gasteiger partial charge in [0, 0.05) is 29.6 Å². The molecule has 3 aromatic rings. The van der Waals surface area contributed by atoms with Crippen molar-refractivity contribution in [3.63, 3.8) is 0 Å². The van der Waals surface area contributed by atoms with Gasteiger partial charge < -0.3 is 10.1 Å². The van der Waals surface area contributed by atoms with Gasteiger partial charge in [-0.3, -0.25) is 20.0 Å². The van der Waals surface area contributed by atoms with Crippen molar-refractivity contribution >= 4 is 17.3 Å². The van der Waals surface area contributed by atoms with E-state index in [1.807, 2.05) is 12.1 Å². The van der Waals surface area contributed by atoms with Gasteiger partial charge in [0.1, 0.15) is 5.75 Å². The first-order chi connectivity index (χ1) is 12.1. The monoisotopic (exact) mass is 338 g/mol. The molecule has 2 aromatic carbocycles. The molecule has 0 radical (unpaired) electrons. The van der Waals surface area contributed by atoms with Crippen LogP contribution in [0, 0.1) is 10.1 Å².